The van der Waals surface area contributed by atoms with Crippen LogP contribution >= 0.6 is 15.9 Å². The number of aryl methyl sites for hydroxylation is 1. The molecule has 0 aliphatic carbocycles. The third kappa shape index (κ3) is 3.49. The average molecular weight is 337 g/mol. The third-order valence-corrected chi connectivity index (χ3v) is 3.50. The van der Waals surface area contributed by atoms with Crippen LogP contribution in [0, 0.1) is 6.92 Å². The molecule has 0 unspecified atom stereocenters. The number of nitrogens with two attached hydrogens (primary N) is 1. The number of hydrogen-bond donors (Lipinski definition) is 1. The zero-order valence-corrected chi connectivity index (χ0v) is 13.1. The van der Waals surface area contributed by atoms with E-state index in [2.05, 4.69) is 20.9 Å². The second kappa shape index (κ2) is 6.72. The van der Waals surface area contributed by atoms with E-state index in [4.69, 9.17) is 15.2 Å². The molecule has 106 valence electrons. The summed E-state index contributed by atoms with van der Waals surface area (Å²) >= 11 is 3.46. The van der Waals surface area contributed by atoms with Crippen LogP contribution in [0.5, 0.6) is 11.5 Å². The Morgan fingerprint density at radius 2 is 1.95 bits per heavy atom. The van der Waals surface area contributed by atoms with Crippen LogP contribution in [0.4, 0.5) is 0 Å². The minimum Gasteiger partial charge on any atom is -0.496 e. The maximum atomic E-state index is 5.79. The van der Waals surface area contributed by atoms with E-state index in [1.54, 1.807) is 7.11 Å². The Morgan fingerprint density at radius 3 is 2.60 bits per heavy atom. The summed E-state index contributed by atoms with van der Waals surface area (Å²) < 4.78 is 11.9. The molecule has 2 N–H and O–H groups in total. The summed E-state index contributed by atoms with van der Waals surface area (Å²) in [6.45, 7) is 2.76. The molecule has 1 aromatic carbocycles. The highest BCUT2D eigenvalue weighted by atomic mass is 79.9. The van der Waals surface area contributed by atoms with Crippen molar-refractivity contribution in [3.05, 3.63) is 51.8 Å². The smallest absolute Gasteiger partial charge is 0.142 e. The second-order valence-electron chi connectivity index (χ2n) is 4.36. The van der Waals surface area contributed by atoms with Crippen LogP contribution in [-0.4, -0.2) is 12.1 Å². The van der Waals surface area contributed by atoms with Crippen molar-refractivity contribution in [1.82, 2.24) is 4.98 Å². The van der Waals surface area contributed by atoms with Crippen LogP contribution in [0.25, 0.3) is 0 Å². The SMILES string of the molecule is COc1ccc(COc2ccc(C)nc2CN)cc1Br. The van der Waals surface area contributed by atoms with E-state index in [-0.39, 0.29) is 0 Å². The van der Waals surface area contributed by atoms with Crippen molar-refractivity contribution in [3.63, 3.8) is 0 Å². The van der Waals surface area contributed by atoms with E-state index in [9.17, 15) is 0 Å². The van der Waals surface area contributed by atoms with Crippen LogP contribution in [0.3, 0.4) is 0 Å². The van der Waals surface area contributed by atoms with Gasteiger partial charge in [-0.2, -0.15) is 0 Å². The van der Waals surface area contributed by atoms with Crippen molar-refractivity contribution >= 4 is 15.9 Å². The van der Waals surface area contributed by atoms with Crippen LogP contribution < -0.4 is 15.2 Å². The summed E-state index contributed by atoms with van der Waals surface area (Å²) in [5.74, 6) is 1.53. The third-order valence-electron chi connectivity index (χ3n) is 2.88. The van der Waals surface area contributed by atoms with Crippen LogP contribution in [0.2, 0.25) is 0 Å². The molecule has 5 heteroatoms. The zero-order valence-electron chi connectivity index (χ0n) is 11.5. The first-order valence-electron chi connectivity index (χ1n) is 6.26. The summed E-state index contributed by atoms with van der Waals surface area (Å²) in [6, 6.07) is 9.66. The van der Waals surface area contributed by atoms with Crippen molar-refractivity contribution in [2.24, 2.45) is 5.73 Å². The number of halogens is 1. The Hall–Kier alpha value is -1.59. The fraction of sp³-hybridized carbons (Fsp3) is 0.267. The molecule has 0 atom stereocenters. The fourth-order valence-electron chi connectivity index (χ4n) is 1.84. The molecule has 0 bridgehead atoms. The molecule has 0 fully saturated rings. The molecule has 20 heavy (non-hydrogen) atoms. The molecule has 0 aliphatic rings. The maximum absolute atomic E-state index is 5.79. The molecule has 0 spiro atoms. The normalized spacial score (nSPS) is 10.4. The molecule has 0 saturated carbocycles. The Labute approximate surface area is 127 Å². The first kappa shape index (κ1) is 14.8. The van der Waals surface area contributed by atoms with Gasteiger partial charge in [0.1, 0.15) is 18.1 Å². The number of benzene rings is 1. The van der Waals surface area contributed by atoms with Gasteiger partial charge >= 0.3 is 0 Å². The lowest BCUT2D eigenvalue weighted by Gasteiger charge is -2.11. The molecule has 1 heterocycles. The van der Waals surface area contributed by atoms with Gasteiger partial charge in [-0.25, -0.2) is 0 Å². The number of hydrogen-bond acceptors (Lipinski definition) is 4. The van der Waals surface area contributed by atoms with Gasteiger partial charge in [0.2, 0.25) is 0 Å². The molecule has 2 aromatic rings. The molecule has 4 nitrogen and oxygen atoms in total. The fourth-order valence-corrected chi connectivity index (χ4v) is 2.42. The van der Waals surface area contributed by atoms with Gasteiger partial charge in [-0.3, -0.25) is 4.98 Å². The molecular weight excluding hydrogens is 320 g/mol. The minimum absolute atomic E-state index is 0.364. The minimum atomic E-state index is 0.364. The molecule has 2 rings (SSSR count). The molecule has 0 saturated heterocycles. The van der Waals surface area contributed by atoms with Crippen molar-refractivity contribution in [3.8, 4) is 11.5 Å². The number of aromatic nitrogens is 1. The predicted molar refractivity (Wildman–Crippen MR) is 81.9 cm³/mol. The van der Waals surface area contributed by atoms with Crippen molar-refractivity contribution in [2.45, 2.75) is 20.1 Å². The van der Waals surface area contributed by atoms with Gasteiger partial charge in [0.25, 0.3) is 0 Å². The van der Waals surface area contributed by atoms with E-state index in [1.807, 2.05) is 37.3 Å². The van der Waals surface area contributed by atoms with Gasteiger partial charge in [-0.15, -0.1) is 0 Å². The lowest BCUT2D eigenvalue weighted by Crippen LogP contribution is -2.06. The van der Waals surface area contributed by atoms with E-state index in [0.717, 1.165) is 32.9 Å². The quantitative estimate of drug-likeness (QED) is 0.910. The highest BCUT2D eigenvalue weighted by Gasteiger charge is 2.06. The van der Waals surface area contributed by atoms with Gasteiger partial charge < -0.3 is 15.2 Å². The van der Waals surface area contributed by atoms with Crippen molar-refractivity contribution in [1.29, 1.82) is 0 Å². The number of nitrogens with zero attached hydrogens (tertiary/aromatic N) is 1. The van der Waals surface area contributed by atoms with E-state index in [1.165, 1.54) is 0 Å². The average Bonchev–Trinajstić information content (AvgIpc) is 2.46. The Balaban J connectivity index is 2.10. The molecule has 0 aliphatic heterocycles. The highest BCUT2D eigenvalue weighted by Crippen LogP contribution is 2.26. The van der Waals surface area contributed by atoms with Crippen molar-refractivity contribution < 1.29 is 9.47 Å². The number of pyridine rings is 1. The maximum Gasteiger partial charge on any atom is 0.142 e. The zero-order chi connectivity index (χ0) is 14.5. The summed E-state index contributed by atoms with van der Waals surface area (Å²) in [5.41, 5.74) is 8.44. The summed E-state index contributed by atoms with van der Waals surface area (Å²) in [5, 5.41) is 0. The number of methoxy groups -OCH3 is 1. The summed E-state index contributed by atoms with van der Waals surface area (Å²) in [4.78, 5) is 4.37. The van der Waals surface area contributed by atoms with Crippen LogP contribution in [0.15, 0.2) is 34.8 Å². The number of ether oxygens (including phenoxy) is 2. The largest absolute Gasteiger partial charge is 0.496 e. The second-order valence-corrected chi connectivity index (χ2v) is 5.21. The van der Waals surface area contributed by atoms with Gasteiger partial charge in [0.15, 0.2) is 0 Å². The van der Waals surface area contributed by atoms with Crippen molar-refractivity contribution in [2.75, 3.05) is 7.11 Å². The summed E-state index contributed by atoms with van der Waals surface area (Å²) in [6.07, 6.45) is 0. The molecule has 0 radical (unpaired) electrons. The first-order valence-corrected chi connectivity index (χ1v) is 7.05. The molecule has 0 amide bonds. The van der Waals surface area contributed by atoms with Gasteiger partial charge in [0, 0.05) is 12.2 Å². The predicted octanol–water partition coefficient (Wildman–Crippen LogP) is 3.20. The van der Waals surface area contributed by atoms with E-state index >= 15 is 0 Å². The van der Waals surface area contributed by atoms with Gasteiger partial charge in [-0.05, 0) is 52.7 Å². The monoisotopic (exact) mass is 336 g/mol. The molecule has 1 aromatic heterocycles. The Bertz CT molecular complexity index is 602. The first-order chi connectivity index (χ1) is 9.63. The van der Waals surface area contributed by atoms with E-state index in [0.29, 0.717) is 13.2 Å². The summed E-state index contributed by atoms with van der Waals surface area (Å²) in [7, 11) is 1.64. The molecular formula is C15H17BrN2O2. The Kier molecular flexibility index (Phi) is 4.98. The lowest BCUT2D eigenvalue weighted by atomic mass is 10.2. The van der Waals surface area contributed by atoms with E-state index < -0.39 is 0 Å². The lowest BCUT2D eigenvalue weighted by molar-refractivity contribution is 0.300. The Morgan fingerprint density at radius 1 is 1.20 bits per heavy atom. The van der Waals surface area contributed by atoms with Crippen LogP contribution in [-0.2, 0) is 13.2 Å². The standard InChI is InChI=1S/C15H17BrN2O2/c1-10-3-5-15(13(8-17)18-10)20-9-11-4-6-14(19-2)12(16)7-11/h3-7H,8-9,17H2,1-2H3. The van der Waals surface area contributed by atoms with Gasteiger partial charge in [-0.1, -0.05) is 6.07 Å². The van der Waals surface area contributed by atoms with Gasteiger partial charge in [0.05, 0.1) is 17.3 Å². The number of rotatable bonds is 5. The topological polar surface area (TPSA) is 57.4 Å². The highest BCUT2D eigenvalue weighted by molar-refractivity contribution is 9.10. The van der Waals surface area contributed by atoms with Crippen LogP contribution in [0.1, 0.15) is 17.0 Å².